The Bertz CT molecular complexity index is 1140. The summed E-state index contributed by atoms with van der Waals surface area (Å²) in [6.45, 7) is 0.363. The highest BCUT2D eigenvalue weighted by molar-refractivity contribution is 5.95. The Balaban J connectivity index is 1.38. The minimum absolute atomic E-state index is 0.0227. The molecule has 0 bridgehead atoms. The maximum Gasteiger partial charge on any atom is 0.271 e. The summed E-state index contributed by atoms with van der Waals surface area (Å²) in [4.78, 5) is 22.6. The van der Waals surface area contributed by atoms with E-state index in [0.29, 0.717) is 28.4 Å². The van der Waals surface area contributed by atoms with Crippen LogP contribution in [-0.2, 0) is 6.61 Å². The molecular formula is C22H17N3O6. The fourth-order valence-electron chi connectivity index (χ4n) is 2.86. The van der Waals surface area contributed by atoms with Crippen molar-refractivity contribution in [3.05, 3.63) is 93.5 Å². The number of nitro benzene ring substituents is 1. The predicted octanol–water partition coefficient (Wildman–Crippen LogP) is 3.67. The van der Waals surface area contributed by atoms with Crippen molar-refractivity contribution in [2.24, 2.45) is 5.10 Å². The molecule has 3 aromatic carbocycles. The highest BCUT2D eigenvalue weighted by Gasteiger charge is 2.16. The van der Waals surface area contributed by atoms with E-state index in [2.05, 4.69) is 10.5 Å². The second-order valence-electron chi connectivity index (χ2n) is 6.52. The number of non-ortho nitro benzene ring substituents is 1. The van der Waals surface area contributed by atoms with E-state index in [1.807, 2.05) is 12.1 Å². The third-order valence-corrected chi connectivity index (χ3v) is 4.46. The summed E-state index contributed by atoms with van der Waals surface area (Å²) in [5, 5.41) is 14.7. The first kappa shape index (κ1) is 19.9. The molecule has 1 N–H and O–H groups in total. The molecule has 1 aliphatic rings. The summed E-state index contributed by atoms with van der Waals surface area (Å²) >= 11 is 0. The van der Waals surface area contributed by atoms with E-state index in [1.54, 1.807) is 42.5 Å². The number of hydrogen-bond acceptors (Lipinski definition) is 7. The van der Waals surface area contributed by atoms with Crippen LogP contribution >= 0.6 is 0 Å². The third-order valence-electron chi connectivity index (χ3n) is 4.46. The van der Waals surface area contributed by atoms with Crippen LogP contribution in [0.2, 0.25) is 0 Å². The van der Waals surface area contributed by atoms with Gasteiger partial charge >= 0.3 is 0 Å². The maximum absolute atomic E-state index is 12.3. The Morgan fingerprint density at radius 3 is 2.68 bits per heavy atom. The molecule has 0 saturated carbocycles. The molecule has 3 aromatic rings. The van der Waals surface area contributed by atoms with Gasteiger partial charge in [0.1, 0.15) is 12.4 Å². The summed E-state index contributed by atoms with van der Waals surface area (Å²) < 4.78 is 16.3. The van der Waals surface area contributed by atoms with Gasteiger partial charge in [-0.05, 0) is 48.0 Å². The third kappa shape index (κ3) is 4.78. The summed E-state index contributed by atoms with van der Waals surface area (Å²) in [7, 11) is 0. The summed E-state index contributed by atoms with van der Waals surface area (Å²) in [5.41, 5.74) is 4.33. The number of amides is 1. The van der Waals surface area contributed by atoms with E-state index in [1.165, 1.54) is 18.3 Å². The Hall–Kier alpha value is -4.40. The number of benzene rings is 3. The van der Waals surface area contributed by atoms with Crippen LogP contribution < -0.4 is 19.6 Å². The number of fused-ring (bicyclic) bond motifs is 1. The molecule has 156 valence electrons. The zero-order valence-electron chi connectivity index (χ0n) is 16.2. The Labute approximate surface area is 177 Å². The van der Waals surface area contributed by atoms with Crippen LogP contribution in [0.15, 0.2) is 71.8 Å². The van der Waals surface area contributed by atoms with Gasteiger partial charge in [0.15, 0.2) is 11.5 Å². The van der Waals surface area contributed by atoms with Crippen molar-refractivity contribution < 1.29 is 23.9 Å². The van der Waals surface area contributed by atoms with Crippen LogP contribution in [0.1, 0.15) is 21.5 Å². The number of carbonyl (C=O) groups excluding carboxylic acids is 1. The van der Waals surface area contributed by atoms with E-state index >= 15 is 0 Å². The van der Waals surface area contributed by atoms with Gasteiger partial charge in [0.05, 0.1) is 11.1 Å². The molecule has 0 fully saturated rings. The summed E-state index contributed by atoms with van der Waals surface area (Å²) in [6.07, 6.45) is 1.48. The molecular weight excluding hydrogens is 402 g/mol. The number of nitro groups is 1. The first-order valence-electron chi connectivity index (χ1n) is 9.28. The van der Waals surface area contributed by atoms with Crippen molar-refractivity contribution >= 4 is 17.8 Å². The van der Waals surface area contributed by atoms with Gasteiger partial charge in [0, 0.05) is 23.3 Å². The number of nitrogens with one attached hydrogen (secondary N) is 1. The monoisotopic (exact) mass is 419 g/mol. The number of para-hydroxylation sites is 1. The van der Waals surface area contributed by atoms with Crippen LogP contribution in [0.4, 0.5) is 5.69 Å². The molecule has 31 heavy (non-hydrogen) atoms. The zero-order chi connectivity index (χ0) is 21.6. The second-order valence-corrected chi connectivity index (χ2v) is 6.52. The smallest absolute Gasteiger partial charge is 0.271 e. The van der Waals surface area contributed by atoms with Crippen molar-refractivity contribution in [1.29, 1.82) is 0 Å². The molecule has 1 heterocycles. The fourth-order valence-corrected chi connectivity index (χ4v) is 2.86. The number of hydrogen-bond donors (Lipinski definition) is 1. The lowest BCUT2D eigenvalue weighted by molar-refractivity contribution is -0.384. The lowest BCUT2D eigenvalue weighted by atomic mass is 10.2. The molecule has 0 unspecified atom stereocenters. The van der Waals surface area contributed by atoms with Crippen LogP contribution in [0, 0.1) is 10.1 Å². The average Bonchev–Trinajstić information content (AvgIpc) is 3.26. The van der Waals surface area contributed by atoms with E-state index in [4.69, 9.17) is 14.2 Å². The lowest BCUT2D eigenvalue weighted by Crippen LogP contribution is -2.17. The number of hydrazone groups is 1. The van der Waals surface area contributed by atoms with E-state index < -0.39 is 4.92 Å². The molecule has 0 spiro atoms. The lowest BCUT2D eigenvalue weighted by Gasteiger charge is -2.09. The van der Waals surface area contributed by atoms with Gasteiger partial charge in [-0.25, -0.2) is 5.43 Å². The van der Waals surface area contributed by atoms with Gasteiger partial charge in [0.25, 0.3) is 11.6 Å². The van der Waals surface area contributed by atoms with Gasteiger partial charge < -0.3 is 14.2 Å². The molecule has 0 atom stereocenters. The van der Waals surface area contributed by atoms with Crippen molar-refractivity contribution in [3.8, 4) is 17.2 Å². The van der Waals surface area contributed by atoms with Gasteiger partial charge in [0.2, 0.25) is 6.79 Å². The second kappa shape index (κ2) is 8.95. The number of nitrogens with zero attached hydrogens (tertiary/aromatic N) is 2. The predicted molar refractivity (Wildman–Crippen MR) is 111 cm³/mol. The number of carbonyl (C=O) groups is 1. The molecule has 1 amide bonds. The topological polar surface area (TPSA) is 112 Å². The van der Waals surface area contributed by atoms with Crippen LogP contribution in [0.3, 0.4) is 0 Å². The van der Waals surface area contributed by atoms with Crippen molar-refractivity contribution in [2.75, 3.05) is 6.79 Å². The Kier molecular flexibility index (Phi) is 5.75. The van der Waals surface area contributed by atoms with Crippen LogP contribution in [-0.4, -0.2) is 23.8 Å². The molecule has 0 radical (unpaired) electrons. The summed E-state index contributed by atoms with van der Waals surface area (Å²) in [6, 6.07) is 18.2. The zero-order valence-corrected chi connectivity index (χ0v) is 16.2. The summed E-state index contributed by atoms with van der Waals surface area (Å²) in [5.74, 6) is 1.28. The number of rotatable bonds is 7. The Morgan fingerprint density at radius 2 is 1.87 bits per heavy atom. The Morgan fingerprint density at radius 1 is 1.10 bits per heavy atom. The molecule has 0 aliphatic carbocycles. The minimum atomic E-state index is -0.450. The molecule has 9 heteroatoms. The van der Waals surface area contributed by atoms with Crippen molar-refractivity contribution in [2.45, 2.75) is 6.61 Å². The molecule has 0 aromatic heterocycles. The van der Waals surface area contributed by atoms with E-state index in [-0.39, 0.29) is 25.0 Å². The van der Waals surface area contributed by atoms with E-state index in [0.717, 1.165) is 5.56 Å². The first-order valence-corrected chi connectivity index (χ1v) is 9.28. The standard InChI is InChI=1S/C22H17N3O6/c26-22(16-7-10-20-21(11-16)31-14-30-20)24-23-12-17-3-1-2-4-19(17)29-13-15-5-8-18(9-6-15)25(27)28/h1-12H,13-14H2,(H,24,26)/b23-12-. The minimum Gasteiger partial charge on any atom is -0.488 e. The highest BCUT2D eigenvalue weighted by Crippen LogP contribution is 2.32. The number of ether oxygens (including phenoxy) is 3. The van der Waals surface area contributed by atoms with Gasteiger partial charge in [-0.15, -0.1) is 0 Å². The van der Waals surface area contributed by atoms with Crippen molar-refractivity contribution in [1.82, 2.24) is 5.43 Å². The van der Waals surface area contributed by atoms with Gasteiger partial charge in [-0.2, -0.15) is 5.10 Å². The van der Waals surface area contributed by atoms with Gasteiger partial charge in [-0.1, -0.05) is 12.1 Å². The highest BCUT2D eigenvalue weighted by atomic mass is 16.7. The van der Waals surface area contributed by atoms with E-state index in [9.17, 15) is 14.9 Å². The maximum atomic E-state index is 12.3. The molecule has 0 saturated heterocycles. The first-order chi connectivity index (χ1) is 15.1. The van der Waals surface area contributed by atoms with Gasteiger partial charge in [-0.3, -0.25) is 14.9 Å². The normalized spacial score (nSPS) is 12.0. The molecule has 9 nitrogen and oxygen atoms in total. The molecule has 4 rings (SSSR count). The average molecular weight is 419 g/mol. The molecule has 1 aliphatic heterocycles. The SMILES string of the molecule is O=C(N/N=C\c1ccccc1OCc1ccc([N+](=O)[O-])cc1)c1ccc2c(c1)OCO2. The largest absolute Gasteiger partial charge is 0.488 e. The quantitative estimate of drug-likeness (QED) is 0.355. The van der Waals surface area contributed by atoms with Crippen molar-refractivity contribution in [3.63, 3.8) is 0 Å². The van der Waals surface area contributed by atoms with Crippen LogP contribution in [0.5, 0.6) is 17.2 Å². The fraction of sp³-hybridized carbons (Fsp3) is 0.0909. The van der Waals surface area contributed by atoms with Crippen LogP contribution in [0.25, 0.3) is 0 Å².